The van der Waals surface area contributed by atoms with Gasteiger partial charge in [-0.2, -0.15) is 0 Å². The number of fused-ring (bicyclic) bond motifs is 1. The molecular formula is C28H28N2O3. The average molecular weight is 441 g/mol. The molecule has 0 radical (unpaired) electrons. The first-order valence-corrected chi connectivity index (χ1v) is 11.4. The molecule has 0 aromatic heterocycles. The van der Waals surface area contributed by atoms with E-state index in [2.05, 4.69) is 18.2 Å². The summed E-state index contributed by atoms with van der Waals surface area (Å²) in [4.78, 5) is 33.8. The molecule has 0 fully saturated rings. The van der Waals surface area contributed by atoms with Gasteiger partial charge in [0, 0.05) is 0 Å². The molecule has 2 bridgehead atoms. The largest absolute Gasteiger partial charge is 0.449 e. The molecule has 2 aromatic rings. The highest BCUT2D eigenvalue weighted by molar-refractivity contribution is 6.16. The topological polar surface area (TPSA) is 59.0 Å². The summed E-state index contributed by atoms with van der Waals surface area (Å²) in [7, 11) is 0. The molecule has 5 heteroatoms. The molecule has 0 saturated heterocycles. The van der Waals surface area contributed by atoms with Crippen LogP contribution < -0.4 is 0 Å². The fourth-order valence-electron chi connectivity index (χ4n) is 6.44. The lowest BCUT2D eigenvalue weighted by atomic mass is 9.49. The van der Waals surface area contributed by atoms with Gasteiger partial charge in [0.25, 0.3) is 0 Å². The third-order valence-corrected chi connectivity index (χ3v) is 7.65. The predicted molar refractivity (Wildman–Crippen MR) is 129 cm³/mol. The van der Waals surface area contributed by atoms with Crippen LogP contribution in [0.2, 0.25) is 0 Å². The Morgan fingerprint density at radius 3 is 2.33 bits per heavy atom. The molecule has 1 amide bonds. The zero-order chi connectivity index (χ0) is 23.4. The molecule has 0 spiro atoms. The highest BCUT2D eigenvalue weighted by Crippen LogP contribution is 2.66. The minimum atomic E-state index is -0.898. The summed E-state index contributed by atoms with van der Waals surface area (Å²) in [6.45, 7) is 8.01. The number of amides is 1. The zero-order valence-corrected chi connectivity index (χ0v) is 19.4. The summed E-state index contributed by atoms with van der Waals surface area (Å²) in [6, 6.07) is 19.3. The summed E-state index contributed by atoms with van der Waals surface area (Å²) >= 11 is 0. The van der Waals surface area contributed by atoms with E-state index in [1.165, 1.54) is 0 Å². The number of ketones is 1. The maximum absolute atomic E-state index is 14.2. The Labute approximate surface area is 194 Å². The number of benzene rings is 2. The predicted octanol–water partition coefficient (Wildman–Crippen LogP) is 5.18. The summed E-state index contributed by atoms with van der Waals surface area (Å²) < 4.78 is 5.45. The average Bonchev–Trinajstić information content (AvgIpc) is 2.95. The fourth-order valence-corrected chi connectivity index (χ4v) is 6.44. The molecular weight excluding hydrogens is 412 g/mol. The molecule has 2 aliphatic carbocycles. The summed E-state index contributed by atoms with van der Waals surface area (Å²) in [5, 5.41) is 0. The zero-order valence-electron chi connectivity index (χ0n) is 19.4. The second kappa shape index (κ2) is 7.55. The van der Waals surface area contributed by atoms with Crippen LogP contribution in [0.4, 0.5) is 4.79 Å². The van der Waals surface area contributed by atoms with Crippen molar-refractivity contribution in [3.8, 4) is 0 Å². The van der Waals surface area contributed by atoms with Crippen LogP contribution in [0.15, 0.2) is 82.9 Å². The molecule has 0 N–H and O–H groups in total. The van der Waals surface area contributed by atoms with Gasteiger partial charge in [-0.25, -0.2) is 4.79 Å². The number of Topliss-reactive ketones (excluding diaryl/α,β-unsaturated/α-hetero) is 1. The van der Waals surface area contributed by atoms with Crippen LogP contribution in [0.3, 0.4) is 0 Å². The molecule has 2 aromatic carbocycles. The van der Waals surface area contributed by atoms with E-state index in [4.69, 9.17) is 9.73 Å². The molecule has 6 rings (SSSR count). The van der Waals surface area contributed by atoms with Crippen molar-refractivity contribution in [2.75, 3.05) is 6.61 Å². The van der Waals surface area contributed by atoms with Gasteiger partial charge < -0.3 is 4.74 Å². The molecule has 168 valence electrons. The maximum atomic E-state index is 14.2. The first-order valence-electron chi connectivity index (χ1n) is 11.4. The smallest absolute Gasteiger partial charge is 0.415 e. The number of ether oxygens (including phenoxy) is 1. The molecule has 4 atom stereocenters. The van der Waals surface area contributed by atoms with Crippen LogP contribution >= 0.6 is 0 Å². The van der Waals surface area contributed by atoms with E-state index in [0.717, 1.165) is 27.8 Å². The van der Waals surface area contributed by atoms with E-state index in [1.54, 1.807) is 18.2 Å². The van der Waals surface area contributed by atoms with Gasteiger partial charge in [-0.05, 0) is 55.5 Å². The van der Waals surface area contributed by atoms with Crippen LogP contribution in [-0.4, -0.2) is 41.8 Å². The van der Waals surface area contributed by atoms with E-state index >= 15 is 0 Å². The minimum absolute atomic E-state index is 0.0792. The lowest BCUT2D eigenvalue weighted by Crippen LogP contribution is -2.63. The monoisotopic (exact) mass is 440 g/mol. The highest BCUT2D eigenvalue weighted by Gasteiger charge is 2.71. The van der Waals surface area contributed by atoms with Gasteiger partial charge in [0.05, 0.1) is 35.9 Å². The normalized spacial score (nSPS) is 30.2. The molecule has 33 heavy (non-hydrogen) atoms. The molecule has 0 unspecified atom stereocenters. The SMILES string of the molecule is CCOC(=O)N1C=N[C@H]2C(C)=C[C@@H]1[C@]1(c3ccccc3)C(c3ccccc3)=C(C)C(=O)[C@]21C. The number of allylic oxidation sites excluding steroid dienone is 1. The van der Waals surface area contributed by atoms with Crippen LogP contribution in [0, 0.1) is 5.41 Å². The van der Waals surface area contributed by atoms with Crippen molar-refractivity contribution in [2.24, 2.45) is 10.4 Å². The van der Waals surface area contributed by atoms with Gasteiger partial charge in [0.2, 0.25) is 0 Å². The van der Waals surface area contributed by atoms with Gasteiger partial charge in [0.15, 0.2) is 5.78 Å². The first kappa shape index (κ1) is 21.4. The van der Waals surface area contributed by atoms with Crippen molar-refractivity contribution in [2.45, 2.75) is 45.2 Å². The lowest BCUT2D eigenvalue weighted by molar-refractivity contribution is -0.126. The number of carbonyl (C=O) groups excluding carboxylic acids is 2. The van der Waals surface area contributed by atoms with Gasteiger partial charge >= 0.3 is 6.09 Å². The summed E-state index contributed by atoms with van der Waals surface area (Å²) in [5.74, 6) is 0.0792. The molecule has 5 nitrogen and oxygen atoms in total. The van der Waals surface area contributed by atoms with Crippen molar-refractivity contribution in [1.82, 2.24) is 4.90 Å². The van der Waals surface area contributed by atoms with E-state index in [1.807, 2.05) is 69.3 Å². The van der Waals surface area contributed by atoms with Crippen LogP contribution in [0.25, 0.3) is 5.57 Å². The van der Waals surface area contributed by atoms with Crippen molar-refractivity contribution < 1.29 is 14.3 Å². The van der Waals surface area contributed by atoms with Gasteiger partial charge in [-0.3, -0.25) is 14.7 Å². The third-order valence-electron chi connectivity index (χ3n) is 7.65. The Bertz CT molecular complexity index is 1210. The van der Waals surface area contributed by atoms with Crippen LogP contribution in [0.5, 0.6) is 0 Å². The Balaban J connectivity index is 1.91. The first-order chi connectivity index (χ1) is 15.9. The second-order valence-corrected chi connectivity index (χ2v) is 9.20. The number of aliphatic imine (C=N–C) groups is 1. The minimum Gasteiger partial charge on any atom is -0.449 e. The van der Waals surface area contributed by atoms with E-state index in [9.17, 15) is 9.59 Å². The summed E-state index contributed by atoms with van der Waals surface area (Å²) in [6.07, 6.45) is 3.23. The lowest BCUT2D eigenvalue weighted by Gasteiger charge is -2.54. The quantitative estimate of drug-likeness (QED) is 0.618. The van der Waals surface area contributed by atoms with Gasteiger partial charge in [-0.15, -0.1) is 0 Å². The molecule has 4 aliphatic rings. The Kier molecular flexibility index (Phi) is 4.89. The maximum Gasteiger partial charge on any atom is 0.415 e. The molecule has 0 saturated carbocycles. The molecule has 2 aliphatic heterocycles. The van der Waals surface area contributed by atoms with Crippen LogP contribution in [0.1, 0.15) is 38.8 Å². The van der Waals surface area contributed by atoms with Gasteiger partial charge in [-0.1, -0.05) is 66.7 Å². The van der Waals surface area contributed by atoms with E-state index in [0.29, 0.717) is 0 Å². The van der Waals surface area contributed by atoms with Crippen LogP contribution in [-0.2, 0) is 14.9 Å². The number of hydrogen-bond donors (Lipinski definition) is 0. The van der Waals surface area contributed by atoms with E-state index < -0.39 is 29.0 Å². The number of nitrogens with zero attached hydrogens (tertiary/aromatic N) is 2. The highest BCUT2D eigenvalue weighted by atomic mass is 16.6. The third kappa shape index (κ3) is 2.62. The standard InChI is InChI=1S/C28H28N2O3/c1-5-33-26(32)30-17-29-24-18(2)16-22(30)28(21-14-10-7-11-15-21)23(20-12-8-6-9-13-20)19(3)25(31)27(24,28)4/h6-17,22,24H,5H2,1-4H3/t22-,24+,27+,28-/m1/s1. The van der Waals surface area contributed by atoms with Crippen molar-refractivity contribution >= 4 is 23.8 Å². The van der Waals surface area contributed by atoms with Gasteiger partial charge in [0.1, 0.15) is 0 Å². The van der Waals surface area contributed by atoms with E-state index in [-0.39, 0.29) is 12.4 Å². The molecule has 2 heterocycles. The Morgan fingerprint density at radius 1 is 1.06 bits per heavy atom. The fraction of sp³-hybridized carbons (Fsp3) is 0.321. The summed E-state index contributed by atoms with van der Waals surface area (Å²) in [5.41, 5.74) is 2.93. The Morgan fingerprint density at radius 2 is 1.70 bits per heavy atom. The number of carbonyl (C=O) groups is 2. The number of hydrogen-bond acceptors (Lipinski definition) is 4. The van der Waals surface area contributed by atoms with Crippen molar-refractivity contribution in [1.29, 1.82) is 0 Å². The number of rotatable bonds is 3. The van der Waals surface area contributed by atoms with Crippen molar-refractivity contribution in [3.05, 3.63) is 89.0 Å². The second-order valence-electron chi connectivity index (χ2n) is 9.20. The van der Waals surface area contributed by atoms with Crippen molar-refractivity contribution in [3.63, 3.8) is 0 Å². The Hall–Kier alpha value is -3.47.